The van der Waals surface area contributed by atoms with Crippen LogP contribution >= 0.6 is 0 Å². The second kappa shape index (κ2) is 6.90. The molecule has 0 radical (unpaired) electrons. The molecule has 0 amide bonds. The Morgan fingerprint density at radius 3 is 2.68 bits per heavy atom. The lowest BCUT2D eigenvalue weighted by atomic mass is 10.2. The summed E-state index contributed by atoms with van der Waals surface area (Å²) in [6.07, 6.45) is 3.61. The van der Waals surface area contributed by atoms with Crippen molar-refractivity contribution in [1.29, 1.82) is 0 Å². The van der Waals surface area contributed by atoms with Crippen LogP contribution in [0, 0.1) is 5.92 Å². The molecule has 19 heavy (non-hydrogen) atoms. The molecule has 3 nitrogen and oxygen atoms in total. The zero-order valence-corrected chi connectivity index (χ0v) is 11.5. The maximum absolute atomic E-state index is 5.89. The van der Waals surface area contributed by atoms with E-state index in [2.05, 4.69) is 24.1 Å². The van der Waals surface area contributed by atoms with Gasteiger partial charge < -0.3 is 10.1 Å². The van der Waals surface area contributed by atoms with Crippen molar-refractivity contribution in [2.45, 2.75) is 20.4 Å². The van der Waals surface area contributed by atoms with Crippen LogP contribution in [0.3, 0.4) is 0 Å². The largest absolute Gasteiger partial charge is 0.457 e. The van der Waals surface area contributed by atoms with Crippen molar-refractivity contribution < 1.29 is 4.74 Å². The van der Waals surface area contributed by atoms with E-state index in [1.165, 1.54) is 0 Å². The molecule has 3 heteroatoms. The number of nitrogens with zero attached hydrogens (tertiary/aromatic N) is 1. The third-order valence-corrected chi connectivity index (χ3v) is 2.70. The molecule has 0 spiro atoms. The maximum atomic E-state index is 5.89. The highest BCUT2D eigenvalue weighted by molar-refractivity contribution is 5.35. The molecule has 100 valence electrons. The van der Waals surface area contributed by atoms with Gasteiger partial charge in [-0.1, -0.05) is 32.0 Å². The van der Waals surface area contributed by atoms with Gasteiger partial charge in [-0.25, -0.2) is 0 Å². The molecular weight excluding hydrogens is 236 g/mol. The van der Waals surface area contributed by atoms with E-state index in [0.29, 0.717) is 5.92 Å². The first-order chi connectivity index (χ1) is 9.25. The van der Waals surface area contributed by atoms with Crippen molar-refractivity contribution in [2.24, 2.45) is 5.92 Å². The van der Waals surface area contributed by atoms with E-state index in [1.807, 2.05) is 42.6 Å². The molecule has 0 atom stereocenters. The van der Waals surface area contributed by atoms with Crippen LogP contribution in [-0.2, 0) is 6.54 Å². The fraction of sp³-hybridized carbons (Fsp3) is 0.312. The summed E-state index contributed by atoms with van der Waals surface area (Å²) in [6.45, 7) is 6.14. The number of para-hydroxylation sites is 1. The minimum atomic E-state index is 0.634. The molecule has 0 saturated heterocycles. The minimum Gasteiger partial charge on any atom is -0.457 e. The molecule has 0 aliphatic heterocycles. The average Bonchev–Trinajstić information content (AvgIpc) is 2.41. The first-order valence-electron chi connectivity index (χ1n) is 6.62. The second-order valence-electron chi connectivity index (χ2n) is 4.92. The summed E-state index contributed by atoms with van der Waals surface area (Å²) in [5.41, 5.74) is 1.08. The highest BCUT2D eigenvalue weighted by Gasteiger charge is 2.05. The Balaban J connectivity index is 2.04. The van der Waals surface area contributed by atoms with E-state index in [1.54, 1.807) is 6.20 Å². The summed E-state index contributed by atoms with van der Waals surface area (Å²) in [5, 5.41) is 3.41. The van der Waals surface area contributed by atoms with E-state index in [4.69, 9.17) is 4.74 Å². The number of hydrogen-bond acceptors (Lipinski definition) is 3. The summed E-state index contributed by atoms with van der Waals surface area (Å²) in [5.74, 6) is 2.34. The molecule has 0 unspecified atom stereocenters. The molecule has 1 heterocycles. The molecule has 0 fully saturated rings. The van der Waals surface area contributed by atoms with E-state index in [-0.39, 0.29) is 0 Å². The molecule has 1 aromatic carbocycles. The molecule has 0 aliphatic carbocycles. The normalized spacial score (nSPS) is 10.7. The summed E-state index contributed by atoms with van der Waals surface area (Å²) in [7, 11) is 0. The van der Waals surface area contributed by atoms with Gasteiger partial charge in [0.1, 0.15) is 11.5 Å². The molecule has 2 rings (SSSR count). The van der Waals surface area contributed by atoms with Crippen LogP contribution in [0.15, 0.2) is 48.8 Å². The van der Waals surface area contributed by atoms with Gasteiger partial charge in [-0.3, -0.25) is 4.98 Å². The van der Waals surface area contributed by atoms with Crippen molar-refractivity contribution in [3.63, 3.8) is 0 Å². The quantitative estimate of drug-likeness (QED) is 0.857. The predicted octanol–water partition coefficient (Wildman–Crippen LogP) is 3.62. The van der Waals surface area contributed by atoms with E-state index in [0.717, 1.165) is 30.2 Å². The summed E-state index contributed by atoms with van der Waals surface area (Å²) in [6, 6.07) is 11.7. The average molecular weight is 256 g/mol. The van der Waals surface area contributed by atoms with Gasteiger partial charge in [0, 0.05) is 24.5 Å². The number of ether oxygens (including phenoxy) is 1. The lowest BCUT2D eigenvalue weighted by Crippen LogP contribution is -2.19. The van der Waals surface area contributed by atoms with E-state index in [9.17, 15) is 0 Å². The highest BCUT2D eigenvalue weighted by atomic mass is 16.5. The molecule has 1 N–H and O–H groups in total. The van der Waals surface area contributed by atoms with Gasteiger partial charge in [0.25, 0.3) is 0 Å². The number of aromatic nitrogens is 1. The van der Waals surface area contributed by atoms with Crippen molar-refractivity contribution in [3.8, 4) is 11.5 Å². The van der Waals surface area contributed by atoms with Crippen LogP contribution in [-0.4, -0.2) is 11.5 Å². The zero-order valence-electron chi connectivity index (χ0n) is 11.5. The monoisotopic (exact) mass is 256 g/mol. The molecule has 2 aromatic rings. The van der Waals surface area contributed by atoms with Crippen molar-refractivity contribution >= 4 is 0 Å². The Morgan fingerprint density at radius 1 is 1.16 bits per heavy atom. The van der Waals surface area contributed by atoms with Crippen molar-refractivity contribution in [3.05, 3.63) is 54.4 Å². The number of hydrogen-bond donors (Lipinski definition) is 1. The van der Waals surface area contributed by atoms with Crippen LogP contribution in [0.5, 0.6) is 11.5 Å². The van der Waals surface area contributed by atoms with Crippen molar-refractivity contribution in [1.82, 2.24) is 10.3 Å². The topological polar surface area (TPSA) is 34.2 Å². The first-order valence-corrected chi connectivity index (χ1v) is 6.62. The van der Waals surface area contributed by atoms with Gasteiger partial charge in [-0.15, -0.1) is 0 Å². The van der Waals surface area contributed by atoms with Crippen LogP contribution in [0.1, 0.15) is 19.4 Å². The third kappa shape index (κ3) is 4.38. The summed E-state index contributed by atoms with van der Waals surface area (Å²) >= 11 is 0. The maximum Gasteiger partial charge on any atom is 0.134 e. The van der Waals surface area contributed by atoms with Gasteiger partial charge in [-0.05, 0) is 30.7 Å². The van der Waals surface area contributed by atoms with Crippen LogP contribution in [0.4, 0.5) is 0 Å². The Bertz CT molecular complexity index is 497. The van der Waals surface area contributed by atoms with Gasteiger partial charge in [0.05, 0.1) is 0 Å². The Labute approximate surface area is 114 Å². The lowest BCUT2D eigenvalue weighted by Gasteiger charge is -2.12. The highest BCUT2D eigenvalue weighted by Crippen LogP contribution is 2.24. The molecule has 0 saturated carbocycles. The van der Waals surface area contributed by atoms with Crippen LogP contribution in [0.25, 0.3) is 0 Å². The fourth-order valence-electron chi connectivity index (χ4n) is 1.76. The zero-order chi connectivity index (χ0) is 13.5. The second-order valence-corrected chi connectivity index (χ2v) is 4.92. The standard InChI is InChI=1S/C16H20N2O/c1-13(2)10-18-12-14-11-17-9-8-16(14)19-15-6-4-3-5-7-15/h3-9,11,13,18H,10,12H2,1-2H3. The Hall–Kier alpha value is -1.87. The predicted molar refractivity (Wildman–Crippen MR) is 77.3 cm³/mol. The van der Waals surface area contributed by atoms with E-state index < -0.39 is 0 Å². The lowest BCUT2D eigenvalue weighted by molar-refractivity contribution is 0.468. The number of rotatable bonds is 6. The van der Waals surface area contributed by atoms with E-state index >= 15 is 0 Å². The number of benzene rings is 1. The van der Waals surface area contributed by atoms with Gasteiger partial charge in [0.2, 0.25) is 0 Å². The number of nitrogens with one attached hydrogen (secondary N) is 1. The Kier molecular flexibility index (Phi) is 4.93. The van der Waals surface area contributed by atoms with Crippen LogP contribution < -0.4 is 10.1 Å². The molecule has 1 aromatic heterocycles. The Morgan fingerprint density at radius 2 is 1.95 bits per heavy atom. The molecule has 0 aliphatic rings. The number of pyridine rings is 1. The minimum absolute atomic E-state index is 0.634. The fourth-order valence-corrected chi connectivity index (χ4v) is 1.76. The molecular formula is C16H20N2O. The first kappa shape index (κ1) is 13.6. The summed E-state index contributed by atoms with van der Waals surface area (Å²) < 4.78 is 5.89. The smallest absolute Gasteiger partial charge is 0.134 e. The van der Waals surface area contributed by atoms with Gasteiger partial charge >= 0.3 is 0 Å². The van der Waals surface area contributed by atoms with Crippen molar-refractivity contribution in [2.75, 3.05) is 6.54 Å². The molecule has 0 bridgehead atoms. The van der Waals surface area contributed by atoms with Gasteiger partial charge in [-0.2, -0.15) is 0 Å². The third-order valence-electron chi connectivity index (χ3n) is 2.70. The van der Waals surface area contributed by atoms with Gasteiger partial charge in [0.15, 0.2) is 0 Å². The SMILES string of the molecule is CC(C)CNCc1cnccc1Oc1ccccc1. The van der Waals surface area contributed by atoms with Crippen LogP contribution in [0.2, 0.25) is 0 Å². The summed E-state index contributed by atoms with van der Waals surface area (Å²) in [4.78, 5) is 4.16.